The smallest absolute Gasteiger partial charge is 0.0701 e. The molecular weight excluding hydrogens is 270 g/mol. The van der Waals surface area contributed by atoms with E-state index in [1.165, 1.54) is 8.66 Å². The van der Waals surface area contributed by atoms with Crippen LogP contribution in [0.5, 0.6) is 0 Å². The van der Waals surface area contributed by atoms with Crippen LogP contribution in [-0.2, 0) is 0 Å². The first kappa shape index (κ1) is 12.8. The lowest BCUT2D eigenvalue weighted by Crippen LogP contribution is -2.19. The predicted octanol–water partition coefficient (Wildman–Crippen LogP) is 3.96. The summed E-state index contributed by atoms with van der Waals surface area (Å²) in [5.41, 5.74) is 0. The Labute approximate surface area is 104 Å². The van der Waals surface area contributed by atoms with Gasteiger partial charge < -0.3 is 5.32 Å². The molecule has 0 aliphatic carbocycles. The number of hydrogen-bond acceptors (Lipinski definition) is 2. The summed E-state index contributed by atoms with van der Waals surface area (Å²) in [5, 5.41) is 3.49. The maximum absolute atomic E-state index is 3.50. The van der Waals surface area contributed by atoms with Gasteiger partial charge in [-0.05, 0) is 48.0 Å². The van der Waals surface area contributed by atoms with E-state index < -0.39 is 0 Å². The molecule has 1 rings (SSSR count). The fourth-order valence-electron chi connectivity index (χ4n) is 1.45. The first-order valence-corrected chi connectivity index (χ1v) is 6.77. The molecule has 1 nitrogen and oxygen atoms in total. The zero-order chi connectivity index (χ0) is 11.1. The second kappa shape index (κ2) is 7.05. The van der Waals surface area contributed by atoms with Gasteiger partial charge in [0.2, 0.25) is 0 Å². The normalized spacial score (nSPS) is 11.9. The van der Waals surface area contributed by atoms with Crippen molar-refractivity contribution in [2.45, 2.75) is 32.7 Å². The quantitative estimate of drug-likeness (QED) is 0.808. The van der Waals surface area contributed by atoms with Gasteiger partial charge in [-0.15, -0.1) is 23.2 Å². The molecule has 15 heavy (non-hydrogen) atoms. The third-order valence-electron chi connectivity index (χ3n) is 2.12. The Bertz CT molecular complexity index is 348. The Morgan fingerprint density at radius 3 is 2.87 bits per heavy atom. The van der Waals surface area contributed by atoms with Crippen molar-refractivity contribution < 1.29 is 0 Å². The molecule has 1 heterocycles. The average Bonchev–Trinajstić information content (AvgIpc) is 2.64. The molecule has 0 fully saturated rings. The summed E-state index contributed by atoms with van der Waals surface area (Å²) in [6.45, 7) is 5.03. The summed E-state index contributed by atoms with van der Waals surface area (Å²) < 4.78 is 1.20. The van der Waals surface area contributed by atoms with E-state index >= 15 is 0 Å². The molecule has 0 aliphatic heterocycles. The summed E-state index contributed by atoms with van der Waals surface area (Å²) in [6.07, 6.45) is 2.05. The molecule has 0 bridgehead atoms. The third kappa shape index (κ3) is 4.38. The van der Waals surface area contributed by atoms with E-state index in [4.69, 9.17) is 0 Å². The van der Waals surface area contributed by atoms with E-state index in [2.05, 4.69) is 52.1 Å². The summed E-state index contributed by atoms with van der Waals surface area (Å²) in [5.74, 6) is 6.05. The Morgan fingerprint density at radius 2 is 2.33 bits per heavy atom. The van der Waals surface area contributed by atoms with Crippen molar-refractivity contribution in [1.29, 1.82) is 0 Å². The third-order valence-corrected chi connectivity index (χ3v) is 3.86. The lowest BCUT2D eigenvalue weighted by atomic mass is 10.1. The SMILES string of the molecule is CC#CCCC(NCC)c1ccc(Br)s1. The number of nitrogens with one attached hydrogen (secondary N) is 1. The Kier molecular flexibility index (Phi) is 6.00. The topological polar surface area (TPSA) is 12.0 Å². The van der Waals surface area contributed by atoms with Crippen molar-refractivity contribution in [3.8, 4) is 11.8 Å². The zero-order valence-corrected chi connectivity index (χ0v) is 11.5. The molecule has 0 amide bonds. The largest absolute Gasteiger partial charge is 0.309 e. The van der Waals surface area contributed by atoms with Crippen LogP contribution >= 0.6 is 27.3 Å². The van der Waals surface area contributed by atoms with Crippen LogP contribution in [0.2, 0.25) is 0 Å². The predicted molar refractivity (Wildman–Crippen MR) is 71.1 cm³/mol. The Hall–Kier alpha value is -0.300. The minimum atomic E-state index is 0.451. The molecule has 1 atom stereocenters. The van der Waals surface area contributed by atoms with Gasteiger partial charge in [0, 0.05) is 17.3 Å². The standard InChI is InChI=1S/C12H16BrNS/c1-3-5-6-7-10(14-4-2)11-8-9-12(13)15-11/h8-10,14H,4,6-7H2,1-2H3. The van der Waals surface area contributed by atoms with E-state index in [1.54, 1.807) is 11.3 Å². The van der Waals surface area contributed by atoms with Gasteiger partial charge in [-0.3, -0.25) is 0 Å². The van der Waals surface area contributed by atoms with Gasteiger partial charge in [-0.2, -0.15) is 0 Å². The molecule has 0 aliphatic rings. The summed E-state index contributed by atoms with van der Waals surface area (Å²) in [6, 6.07) is 4.74. The van der Waals surface area contributed by atoms with E-state index in [0.717, 1.165) is 19.4 Å². The lowest BCUT2D eigenvalue weighted by Gasteiger charge is -2.14. The van der Waals surface area contributed by atoms with E-state index in [1.807, 2.05) is 6.92 Å². The first-order chi connectivity index (χ1) is 7.27. The van der Waals surface area contributed by atoms with Crippen molar-refractivity contribution in [3.05, 3.63) is 20.8 Å². The van der Waals surface area contributed by atoms with Gasteiger partial charge in [-0.1, -0.05) is 6.92 Å². The van der Waals surface area contributed by atoms with Crippen LogP contribution in [0.1, 0.15) is 37.6 Å². The minimum absolute atomic E-state index is 0.451. The highest BCUT2D eigenvalue weighted by Gasteiger charge is 2.11. The minimum Gasteiger partial charge on any atom is -0.309 e. The van der Waals surface area contributed by atoms with Crippen LogP contribution in [0.4, 0.5) is 0 Å². The van der Waals surface area contributed by atoms with Crippen molar-refractivity contribution in [2.75, 3.05) is 6.54 Å². The molecule has 0 saturated carbocycles. The molecule has 0 radical (unpaired) electrons. The van der Waals surface area contributed by atoms with Crippen molar-refractivity contribution in [3.63, 3.8) is 0 Å². The van der Waals surface area contributed by atoms with Gasteiger partial charge in [0.05, 0.1) is 3.79 Å². The highest BCUT2D eigenvalue weighted by molar-refractivity contribution is 9.11. The Balaban J connectivity index is 2.59. The number of hydrogen-bond donors (Lipinski definition) is 1. The number of rotatable bonds is 5. The average molecular weight is 286 g/mol. The maximum atomic E-state index is 3.50. The highest BCUT2D eigenvalue weighted by atomic mass is 79.9. The molecule has 1 aromatic heterocycles. The van der Waals surface area contributed by atoms with Crippen LogP contribution in [0.15, 0.2) is 15.9 Å². The van der Waals surface area contributed by atoms with Crippen LogP contribution in [-0.4, -0.2) is 6.54 Å². The summed E-state index contributed by atoms with van der Waals surface area (Å²) >= 11 is 5.30. The van der Waals surface area contributed by atoms with Crippen molar-refractivity contribution >= 4 is 27.3 Å². The van der Waals surface area contributed by atoms with Crippen molar-refractivity contribution in [2.24, 2.45) is 0 Å². The number of thiophene rings is 1. The molecule has 0 saturated heterocycles. The molecule has 1 aromatic rings. The molecule has 1 unspecified atom stereocenters. The molecule has 82 valence electrons. The second-order valence-electron chi connectivity index (χ2n) is 3.22. The lowest BCUT2D eigenvalue weighted by molar-refractivity contribution is 0.530. The summed E-state index contributed by atoms with van der Waals surface area (Å²) in [7, 11) is 0. The van der Waals surface area contributed by atoms with Gasteiger partial charge in [-0.25, -0.2) is 0 Å². The summed E-state index contributed by atoms with van der Waals surface area (Å²) in [4.78, 5) is 1.39. The first-order valence-electron chi connectivity index (χ1n) is 5.16. The fraction of sp³-hybridized carbons (Fsp3) is 0.500. The van der Waals surface area contributed by atoms with Gasteiger partial charge in [0.25, 0.3) is 0 Å². The van der Waals surface area contributed by atoms with Crippen LogP contribution in [0.25, 0.3) is 0 Å². The van der Waals surface area contributed by atoms with Crippen LogP contribution in [0.3, 0.4) is 0 Å². The zero-order valence-electron chi connectivity index (χ0n) is 9.14. The van der Waals surface area contributed by atoms with E-state index in [-0.39, 0.29) is 0 Å². The molecule has 0 aromatic carbocycles. The molecule has 3 heteroatoms. The van der Waals surface area contributed by atoms with Gasteiger partial charge >= 0.3 is 0 Å². The van der Waals surface area contributed by atoms with E-state index in [9.17, 15) is 0 Å². The Morgan fingerprint density at radius 1 is 1.53 bits per heavy atom. The van der Waals surface area contributed by atoms with Gasteiger partial charge in [0.15, 0.2) is 0 Å². The van der Waals surface area contributed by atoms with Gasteiger partial charge in [0.1, 0.15) is 0 Å². The molecule has 0 spiro atoms. The van der Waals surface area contributed by atoms with E-state index in [0.29, 0.717) is 6.04 Å². The molecular formula is C12H16BrNS. The number of halogens is 1. The fourth-order valence-corrected chi connectivity index (χ4v) is 2.98. The van der Waals surface area contributed by atoms with Crippen molar-refractivity contribution in [1.82, 2.24) is 5.32 Å². The maximum Gasteiger partial charge on any atom is 0.0701 e. The highest BCUT2D eigenvalue weighted by Crippen LogP contribution is 2.29. The second-order valence-corrected chi connectivity index (χ2v) is 5.71. The van der Waals surface area contributed by atoms with Crippen LogP contribution < -0.4 is 5.32 Å². The molecule has 1 N–H and O–H groups in total. The monoisotopic (exact) mass is 285 g/mol. The van der Waals surface area contributed by atoms with Crippen LogP contribution in [0, 0.1) is 11.8 Å².